The van der Waals surface area contributed by atoms with Crippen LogP contribution in [0.4, 0.5) is 0 Å². The fourth-order valence-corrected chi connectivity index (χ4v) is 3.59. The first kappa shape index (κ1) is 17.8. The molecule has 2 atom stereocenters. The zero-order valence-electron chi connectivity index (χ0n) is 15.0. The molecule has 1 N–H and O–H groups in total. The van der Waals surface area contributed by atoms with Crippen molar-refractivity contribution in [2.24, 2.45) is 5.92 Å². The Balaban J connectivity index is 1.53. The first-order valence-corrected chi connectivity index (χ1v) is 8.89. The summed E-state index contributed by atoms with van der Waals surface area (Å²) in [4.78, 5) is 2.36. The molecule has 2 unspecified atom stereocenters. The normalized spacial score (nSPS) is 24.0. The van der Waals surface area contributed by atoms with Gasteiger partial charge in [-0.3, -0.25) is 4.90 Å². The van der Waals surface area contributed by atoms with Crippen LogP contribution in [0.15, 0.2) is 54.6 Å². The van der Waals surface area contributed by atoms with Crippen molar-refractivity contribution in [1.82, 2.24) is 4.90 Å². The number of hydrogen-bond acceptors (Lipinski definition) is 4. The third kappa shape index (κ3) is 3.97. The number of hydrogen-bond donors (Lipinski definition) is 1. The van der Waals surface area contributed by atoms with Crippen LogP contribution in [0.5, 0.6) is 11.5 Å². The second-order valence-corrected chi connectivity index (χ2v) is 6.74. The van der Waals surface area contributed by atoms with Crippen LogP contribution in [-0.2, 0) is 5.60 Å². The van der Waals surface area contributed by atoms with Gasteiger partial charge in [0.05, 0.1) is 12.7 Å². The van der Waals surface area contributed by atoms with Gasteiger partial charge in [-0.1, -0.05) is 49.4 Å². The topological polar surface area (TPSA) is 41.9 Å². The molecule has 1 fully saturated rings. The molecule has 4 heteroatoms. The molecular formula is C21H27NO3. The lowest BCUT2D eigenvalue weighted by Crippen LogP contribution is -2.49. The third-order valence-corrected chi connectivity index (χ3v) is 5.16. The van der Waals surface area contributed by atoms with Gasteiger partial charge in [0.2, 0.25) is 0 Å². The number of piperidine rings is 1. The van der Waals surface area contributed by atoms with E-state index in [1.54, 1.807) is 7.11 Å². The largest absolute Gasteiger partial charge is 0.493 e. The highest BCUT2D eigenvalue weighted by atomic mass is 16.5. The van der Waals surface area contributed by atoms with Crippen LogP contribution in [0.1, 0.15) is 18.9 Å². The van der Waals surface area contributed by atoms with Crippen LogP contribution in [-0.4, -0.2) is 43.4 Å². The fourth-order valence-electron chi connectivity index (χ4n) is 3.59. The van der Waals surface area contributed by atoms with Crippen LogP contribution in [0.25, 0.3) is 0 Å². The Labute approximate surface area is 150 Å². The van der Waals surface area contributed by atoms with Gasteiger partial charge in [0.25, 0.3) is 0 Å². The minimum atomic E-state index is -0.735. The molecule has 25 heavy (non-hydrogen) atoms. The molecule has 0 spiro atoms. The molecule has 0 amide bonds. The van der Waals surface area contributed by atoms with Crippen molar-refractivity contribution in [2.75, 3.05) is 33.4 Å². The van der Waals surface area contributed by atoms with E-state index in [-0.39, 0.29) is 5.92 Å². The van der Waals surface area contributed by atoms with E-state index in [1.165, 1.54) is 0 Å². The number of likely N-dealkylation sites (tertiary alicyclic amines) is 1. The molecular weight excluding hydrogens is 314 g/mol. The highest BCUT2D eigenvalue weighted by Gasteiger charge is 2.39. The minimum absolute atomic E-state index is 0.176. The lowest BCUT2D eigenvalue weighted by Gasteiger charge is -2.43. The van der Waals surface area contributed by atoms with Crippen molar-refractivity contribution in [2.45, 2.75) is 18.9 Å². The summed E-state index contributed by atoms with van der Waals surface area (Å²) in [6.07, 6.45) is 0.743. The molecule has 0 aromatic heterocycles. The van der Waals surface area contributed by atoms with Crippen LogP contribution in [0.2, 0.25) is 0 Å². The van der Waals surface area contributed by atoms with Crippen molar-refractivity contribution in [3.8, 4) is 11.5 Å². The number of para-hydroxylation sites is 2. The standard InChI is InChI=1S/C21H27NO3/c1-17-16-22(13-12-21(17,23)18-8-4-3-5-9-18)14-15-25-20-11-7-6-10-19(20)24-2/h3-11,17,23H,12-16H2,1-2H3. The summed E-state index contributed by atoms with van der Waals surface area (Å²) in [7, 11) is 1.65. The van der Waals surface area contributed by atoms with Crippen LogP contribution in [0.3, 0.4) is 0 Å². The summed E-state index contributed by atoms with van der Waals surface area (Å²) in [5.74, 6) is 1.71. The zero-order chi connectivity index (χ0) is 17.7. The van der Waals surface area contributed by atoms with Crippen LogP contribution < -0.4 is 9.47 Å². The van der Waals surface area contributed by atoms with Crippen molar-refractivity contribution in [3.63, 3.8) is 0 Å². The lowest BCUT2D eigenvalue weighted by molar-refractivity contribution is -0.0724. The Morgan fingerprint density at radius 1 is 1.08 bits per heavy atom. The minimum Gasteiger partial charge on any atom is -0.493 e. The molecule has 3 rings (SSSR count). The van der Waals surface area contributed by atoms with E-state index in [9.17, 15) is 5.11 Å². The van der Waals surface area contributed by atoms with Gasteiger partial charge in [0, 0.05) is 25.6 Å². The fraction of sp³-hybridized carbons (Fsp3) is 0.429. The van der Waals surface area contributed by atoms with Crippen molar-refractivity contribution in [1.29, 1.82) is 0 Å². The molecule has 0 radical (unpaired) electrons. The predicted octanol–water partition coefficient (Wildman–Crippen LogP) is 3.30. The lowest BCUT2D eigenvalue weighted by atomic mass is 9.77. The van der Waals surface area contributed by atoms with Gasteiger partial charge in [-0.05, 0) is 24.1 Å². The summed E-state index contributed by atoms with van der Waals surface area (Å²) >= 11 is 0. The van der Waals surface area contributed by atoms with E-state index in [1.807, 2.05) is 54.6 Å². The van der Waals surface area contributed by atoms with Gasteiger partial charge in [-0.25, -0.2) is 0 Å². The molecule has 1 aliphatic heterocycles. The summed E-state index contributed by atoms with van der Waals surface area (Å²) < 4.78 is 11.2. The highest BCUT2D eigenvalue weighted by molar-refractivity contribution is 5.39. The monoisotopic (exact) mass is 341 g/mol. The van der Waals surface area contributed by atoms with Crippen molar-refractivity contribution < 1.29 is 14.6 Å². The van der Waals surface area contributed by atoms with Gasteiger partial charge in [-0.15, -0.1) is 0 Å². The average Bonchev–Trinajstić information content (AvgIpc) is 2.66. The van der Waals surface area contributed by atoms with E-state index >= 15 is 0 Å². The van der Waals surface area contributed by atoms with Gasteiger partial charge in [0.15, 0.2) is 11.5 Å². The molecule has 1 saturated heterocycles. The summed E-state index contributed by atoms with van der Waals surface area (Å²) in [6.45, 7) is 5.30. The summed E-state index contributed by atoms with van der Waals surface area (Å²) in [5, 5.41) is 11.1. The van der Waals surface area contributed by atoms with Crippen LogP contribution >= 0.6 is 0 Å². The Kier molecular flexibility index (Phi) is 5.61. The number of ether oxygens (including phenoxy) is 2. The molecule has 4 nitrogen and oxygen atoms in total. The first-order chi connectivity index (χ1) is 12.1. The second kappa shape index (κ2) is 7.89. The second-order valence-electron chi connectivity index (χ2n) is 6.74. The molecule has 2 aromatic rings. The quantitative estimate of drug-likeness (QED) is 0.875. The maximum absolute atomic E-state index is 11.1. The molecule has 0 aliphatic carbocycles. The number of nitrogens with zero attached hydrogens (tertiary/aromatic N) is 1. The van der Waals surface area contributed by atoms with Gasteiger partial charge in [0.1, 0.15) is 6.61 Å². The highest BCUT2D eigenvalue weighted by Crippen LogP contribution is 2.37. The van der Waals surface area contributed by atoms with E-state index in [4.69, 9.17) is 9.47 Å². The number of aliphatic hydroxyl groups is 1. The van der Waals surface area contributed by atoms with E-state index in [2.05, 4.69) is 11.8 Å². The van der Waals surface area contributed by atoms with Crippen molar-refractivity contribution in [3.05, 3.63) is 60.2 Å². The number of methoxy groups -OCH3 is 1. The SMILES string of the molecule is COc1ccccc1OCCN1CCC(O)(c2ccccc2)C(C)C1. The van der Waals surface area contributed by atoms with E-state index in [0.29, 0.717) is 6.61 Å². The molecule has 134 valence electrons. The molecule has 0 bridgehead atoms. The maximum atomic E-state index is 11.1. The summed E-state index contributed by atoms with van der Waals surface area (Å²) in [6, 6.07) is 17.7. The van der Waals surface area contributed by atoms with Crippen molar-refractivity contribution >= 4 is 0 Å². The Bertz CT molecular complexity index is 676. The third-order valence-electron chi connectivity index (χ3n) is 5.16. The molecule has 0 saturated carbocycles. The molecule has 2 aromatic carbocycles. The Morgan fingerprint density at radius 3 is 2.44 bits per heavy atom. The number of benzene rings is 2. The van der Waals surface area contributed by atoms with Gasteiger partial charge in [-0.2, -0.15) is 0 Å². The first-order valence-electron chi connectivity index (χ1n) is 8.89. The van der Waals surface area contributed by atoms with Crippen LogP contribution in [0, 0.1) is 5.92 Å². The van der Waals surface area contributed by atoms with E-state index < -0.39 is 5.60 Å². The Hall–Kier alpha value is -2.04. The zero-order valence-corrected chi connectivity index (χ0v) is 15.0. The van der Waals surface area contributed by atoms with Gasteiger partial charge >= 0.3 is 0 Å². The summed E-state index contributed by atoms with van der Waals surface area (Å²) in [5.41, 5.74) is 0.286. The van der Waals surface area contributed by atoms with E-state index in [0.717, 1.165) is 43.1 Å². The average molecular weight is 341 g/mol. The maximum Gasteiger partial charge on any atom is 0.161 e. The molecule has 1 heterocycles. The number of rotatable bonds is 6. The molecule has 1 aliphatic rings. The smallest absolute Gasteiger partial charge is 0.161 e. The predicted molar refractivity (Wildman–Crippen MR) is 99.0 cm³/mol. The Morgan fingerprint density at radius 2 is 1.76 bits per heavy atom. The van der Waals surface area contributed by atoms with Gasteiger partial charge < -0.3 is 14.6 Å².